The van der Waals surface area contributed by atoms with Crippen molar-refractivity contribution in [2.24, 2.45) is 0 Å². The minimum atomic E-state index is -1.10. The summed E-state index contributed by atoms with van der Waals surface area (Å²) in [6.07, 6.45) is 4.02. The Morgan fingerprint density at radius 3 is 2.69 bits per heavy atom. The Labute approximate surface area is 94.5 Å². The molecule has 92 valence electrons. The second-order valence-corrected chi connectivity index (χ2v) is 3.87. The molecule has 1 fully saturated rings. The summed E-state index contributed by atoms with van der Waals surface area (Å²) >= 11 is 0. The monoisotopic (exact) mass is 230 g/mol. The van der Waals surface area contributed by atoms with Crippen molar-refractivity contribution >= 4 is 12.0 Å². The Balaban J connectivity index is 2.26. The molecule has 0 bridgehead atoms. The van der Waals surface area contributed by atoms with E-state index in [1.807, 2.05) is 0 Å². The van der Waals surface area contributed by atoms with Gasteiger partial charge in [0, 0.05) is 12.6 Å². The summed E-state index contributed by atoms with van der Waals surface area (Å²) in [7, 11) is 0. The predicted molar refractivity (Wildman–Crippen MR) is 56.8 cm³/mol. The van der Waals surface area contributed by atoms with Gasteiger partial charge in [-0.1, -0.05) is 13.3 Å². The van der Waals surface area contributed by atoms with Crippen molar-refractivity contribution in [2.75, 3.05) is 13.2 Å². The Morgan fingerprint density at radius 1 is 1.50 bits per heavy atom. The number of aliphatic carboxylic acids is 1. The third-order valence-corrected chi connectivity index (χ3v) is 2.36. The molecule has 0 radical (unpaired) electrons. The summed E-state index contributed by atoms with van der Waals surface area (Å²) in [6, 6.07) is -0.0304. The predicted octanol–water partition coefficient (Wildman–Crippen LogP) is 0.977. The van der Waals surface area contributed by atoms with Crippen LogP contribution in [0, 0.1) is 0 Å². The molecule has 0 aromatic carbocycles. The minimum absolute atomic E-state index is 0.306. The summed E-state index contributed by atoms with van der Waals surface area (Å²) in [5.74, 6) is -1.10. The smallest absolute Gasteiger partial charge is 0.341 e. The van der Waals surface area contributed by atoms with E-state index in [2.05, 4.69) is 17.2 Å². The number of hydrogen-bond acceptors (Lipinski definition) is 3. The molecule has 6 heteroatoms. The molecule has 1 aliphatic rings. The maximum Gasteiger partial charge on any atom is 0.341 e. The van der Waals surface area contributed by atoms with Crippen molar-refractivity contribution in [2.45, 2.75) is 38.6 Å². The molecular formula is C10H18N2O4. The van der Waals surface area contributed by atoms with E-state index in [-0.39, 0.29) is 6.03 Å². The average molecular weight is 230 g/mol. The quantitative estimate of drug-likeness (QED) is 0.639. The molecule has 0 heterocycles. The van der Waals surface area contributed by atoms with Gasteiger partial charge in [-0.3, -0.25) is 4.84 Å². The summed E-state index contributed by atoms with van der Waals surface area (Å²) in [5.41, 5.74) is 2.15. The zero-order valence-electron chi connectivity index (χ0n) is 9.44. The molecule has 0 aromatic rings. The van der Waals surface area contributed by atoms with Crippen LogP contribution in [0.15, 0.2) is 0 Å². The molecule has 6 nitrogen and oxygen atoms in total. The van der Waals surface area contributed by atoms with Gasteiger partial charge in [-0.25, -0.2) is 15.1 Å². The summed E-state index contributed by atoms with van der Waals surface area (Å²) in [5, 5.41) is 8.34. The third-order valence-electron chi connectivity index (χ3n) is 2.36. The van der Waals surface area contributed by atoms with Crippen LogP contribution in [0.2, 0.25) is 0 Å². The lowest BCUT2D eigenvalue weighted by Crippen LogP contribution is -2.42. The Bertz CT molecular complexity index is 253. The normalized spacial score (nSPS) is 14.6. The number of amides is 2. The van der Waals surface area contributed by atoms with E-state index in [1.165, 1.54) is 0 Å². The summed E-state index contributed by atoms with van der Waals surface area (Å²) in [4.78, 5) is 28.1. The molecule has 1 rings (SSSR count). The lowest BCUT2D eigenvalue weighted by Gasteiger charge is -2.21. The summed E-state index contributed by atoms with van der Waals surface area (Å²) in [6.45, 7) is 2.24. The number of nitrogens with one attached hydrogen (secondary N) is 1. The fourth-order valence-corrected chi connectivity index (χ4v) is 1.38. The fourth-order valence-electron chi connectivity index (χ4n) is 1.38. The van der Waals surface area contributed by atoms with Crippen molar-refractivity contribution in [1.29, 1.82) is 0 Å². The molecule has 0 aromatic heterocycles. The lowest BCUT2D eigenvalue weighted by molar-refractivity contribution is -0.144. The molecule has 0 aliphatic heterocycles. The van der Waals surface area contributed by atoms with E-state index in [0.29, 0.717) is 12.6 Å². The number of hydrogen-bond donors (Lipinski definition) is 2. The highest BCUT2D eigenvalue weighted by Crippen LogP contribution is 2.27. The van der Waals surface area contributed by atoms with Crippen LogP contribution < -0.4 is 5.48 Å². The van der Waals surface area contributed by atoms with Crippen LogP contribution in [0.1, 0.15) is 32.6 Å². The first-order chi connectivity index (χ1) is 7.65. The molecular weight excluding hydrogens is 212 g/mol. The molecule has 0 atom stereocenters. The van der Waals surface area contributed by atoms with Crippen LogP contribution in [0.25, 0.3) is 0 Å². The van der Waals surface area contributed by atoms with Gasteiger partial charge in [0.25, 0.3) is 0 Å². The van der Waals surface area contributed by atoms with E-state index in [4.69, 9.17) is 5.11 Å². The largest absolute Gasteiger partial charge is 0.479 e. The van der Waals surface area contributed by atoms with Crippen molar-refractivity contribution in [3.05, 3.63) is 0 Å². The molecule has 2 N–H and O–H groups in total. The van der Waals surface area contributed by atoms with E-state index >= 15 is 0 Å². The van der Waals surface area contributed by atoms with Crippen LogP contribution in [0.4, 0.5) is 4.79 Å². The van der Waals surface area contributed by atoms with Crippen LogP contribution in [0.5, 0.6) is 0 Å². The second-order valence-electron chi connectivity index (χ2n) is 3.87. The summed E-state index contributed by atoms with van der Waals surface area (Å²) < 4.78 is 0. The molecule has 1 aliphatic carbocycles. The van der Waals surface area contributed by atoms with Crippen LogP contribution in [-0.2, 0) is 9.63 Å². The molecule has 0 spiro atoms. The maximum atomic E-state index is 11.6. The highest BCUT2D eigenvalue weighted by Gasteiger charge is 2.32. The number of carboxylic acids is 1. The van der Waals surface area contributed by atoms with Gasteiger partial charge < -0.3 is 10.0 Å². The first-order valence-corrected chi connectivity index (χ1v) is 5.55. The Hall–Kier alpha value is -1.30. The van der Waals surface area contributed by atoms with E-state index in [1.54, 1.807) is 4.90 Å². The Morgan fingerprint density at radius 2 is 2.19 bits per heavy atom. The molecule has 16 heavy (non-hydrogen) atoms. The average Bonchev–Trinajstić information content (AvgIpc) is 3.02. The van der Waals surface area contributed by atoms with Gasteiger partial charge in [0.05, 0.1) is 0 Å². The highest BCUT2D eigenvalue weighted by atomic mass is 16.7. The molecule has 1 saturated carbocycles. The van der Waals surface area contributed by atoms with Crippen molar-refractivity contribution in [3.8, 4) is 0 Å². The molecule has 0 unspecified atom stereocenters. The highest BCUT2D eigenvalue weighted by molar-refractivity contribution is 5.74. The van der Waals surface area contributed by atoms with Gasteiger partial charge in [0.2, 0.25) is 0 Å². The second kappa shape index (κ2) is 6.32. The van der Waals surface area contributed by atoms with Crippen molar-refractivity contribution in [3.63, 3.8) is 0 Å². The minimum Gasteiger partial charge on any atom is -0.479 e. The number of carboxylic acid groups (broad SMARTS) is 1. The molecule has 0 saturated heterocycles. The van der Waals surface area contributed by atoms with E-state index < -0.39 is 12.6 Å². The maximum absolute atomic E-state index is 11.6. The third kappa shape index (κ3) is 4.48. The van der Waals surface area contributed by atoms with Crippen LogP contribution in [-0.4, -0.2) is 41.2 Å². The SMILES string of the molecule is CCCCN(C(=O)NOCC(=O)O)C1CC1. The van der Waals surface area contributed by atoms with Gasteiger partial charge in [-0.2, -0.15) is 0 Å². The van der Waals surface area contributed by atoms with Gasteiger partial charge in [0.15, 0.2) is 6.61 Å². The van der Waals surface area contributed by atoms with Gasteiger partial charge >= 0.3 is 12.0 Å². The standard InChI is InChI=1S/C10H18N2O4/c1-2-3-6-12(8-4-5-8)10(15)11-16-7-9(13)14/h8H,2-7H2,1H3,(H,11,15)(H,13,14). The number of carbonyl (C=O) groups is 2. The number of carbonyl (C=O) groups excluding carboxylic acids is 1. The molecule has 2 amide bonds. The van der Waals surface area contributed by atoms with Gasteiger partial charge in [0.1, 0.15) is 0 Å². The Kier molecular flexibility index (Phi) is 5.04. The number of urea groups is 1. The number of hydroxylamine groups is 1. The van der Waals surface area contributed by atoms with Crippen LogP contribution in [0.3, 0.4) is 0 Å². The van der Waals surface area contributed by atoms with Gasteiger partial charge in [-0.15, -0.1) is 0 Å². The van der Waals surface area contributed by atoms with E-state index in [9.17, 15) is 9.59 Å². The lowest BCUT2D eigenvalue weighted by atomic mass is 10.3. The zero-order valence-corrected chi connectivity index (χ0v) is 9.44. The van der Waals surface area contributed by atoms with Crippen molar-refractivity contribution in [1.82, 2.24) is 10.4 Å². The van der Waals surface area contributed by atoms with Gasteiger partial charge in [-0.05, 0) is 19.3 Å². The van der Waals surface area contributed by atoms with E-state index in [0.717, 1.165) is 25.7 Å². The first kappa shape index (κ1) is 12.8. The van der Waals surface area contributed by atoms with Crippen molar-refractivity contribution < 1.29 is 19.5 Å². The number of unbranched alkanes of at least 4 members (excludes halogenated alkanes) is 1. The zero-order chi connectivity index (χ0) is 12.0. The topological polar surface area (TPSA) is 78.9 Å². The first-order valence-electron chi connectivity index (χ1n) is 5.55. The number of nitrogens with zero attached hydrogens (tertiary/aromatic N) is 1. The fraction of sp³-hybridized carbons (Fsp3) is 0.800. The number of rotatable bonds is 7. The van der Waals surface area contributed by atoms with Crippen LogP contribution >= 0.6 is 0 Å².